The van der Waals surface area contributed by atoms with E-state index in [1.54, 1.807) is 0 Å². The van der Waals surface area contributed by atoms with Gasteiger partial charge in [-0.05, 0) is 31.5 Å². The monoisotopic (exact) mass is 308 g/mol. The van der Waals surface area contributed by atoms with Gasteiger partial charge < -0.3 is 10.1 Å². The summed E-state index contributed by atoms with van der Waals surface area (Å²) in [5.41, 5.74) is 3.40. The summed E-state index contributed by atoms with van der Waals surface area (Å²) in [5.74, 6) is 5.94. The number of nitrogens with zero attached hydrogens (tertiary/aromatic N) is 3. The smallest absolute Gasteiger partial charge is 0.323 e. The van der Waals surface area contributed by atoms with E-state index in [9.17, 15) is 0 Å². The first-order valence-corrected chi connectivity index (χ1v) is 6.87. The van der Waals surface area contributed by atoms with Crippen LogP contribution in [0.25, 0.3) is 0 Å². The van der Waals surface area contributed by atoms with E-state index in [2.05, 4.69) is 25.7 Å². The van der Waals surface area contributed by atoms with Crippen LogP contribution >= 0.6 is 11.6 Å². The molecule has 7 nitrogen and oxygen atoms in total. The summed E-state index contributed by atoms with van der Waals surface area (Å²) in [4.78, 5) is 12.3. The highest BCUT2D eigenvalue weighted by molar-refractivity contribution is 6.30. The van der Waals surface area contributed by atoms with Crippen molar-refractivity contribution in [2.24, 2.45) is 5.84 Å². The quantitative estimate of drug-likeness (QED) is 0.556. The third-order valence-electron chi connectivity index (χ3n) is 2.71. The topological polar surface area (TPSA) is 98.0 Å². The Morgan fingerprint density at radius 3 is 2.71 bits per heavy atom. The summed E-state index contributed by atoms with van der Waals surface area (Å²) in [6, 6.07) is 7.74. The van der Waals surface area contributed by atoms with Crippen LogP contribution in [0.1, 0.15) is 25.5 Å². The molecule has 8 heteroatoms. The Morgan fingerprint density at radius 2 is 2.05 bits per heavy atom. The molecule has 0 aliphatic heterocycles. The second kappa shape index (κ2) is 7.05. The van der Waals surface area contributed by atoms with E-state index in [0.29, 0.717) is 17.6 Å². The van der Waals surface area contributed by atoms with Crippen LogP contribution < -0.4 is 21.3 Å². The average Bonchev–Trinajstić information content (AvgIpc) is 2.47. The van der Waals surface area contributed by atoms with Gasteiger partial charge in [0, 0.05) is 5.02 Å². The van der Waals surface area contributed by atoms with Crippen molar-refractivity contribution in [2.75, 3.05) is 17.3 Å². The number of nitrogens with one attached hydrogen (secondary N) is 2. The van der Waals surface area contributed by atoms with E-state index < -0.39 is 0 Å². The van der Waals surface area contributed by atoms with Gasteiger partial charge in [0.25, 0.3) is 0 Å². The SMILES string of the molecule is CCOc1nc(NN)nc(NC(C)c2cccc(Cl)c2)n1. The maximum atomic E-state index is 5.99. The van der Waals surface area contributed by atoms with Gasteiger partial charge in [0.1, 0.15) is 0 Å². The maximum absolute atomic E-state index is 5.99. The molecule has 0 saturated heterocycles. The summed E-state index contributed by atoms with van der Waals surface area (Å²) in [6.45, 7) is 4.28. The minimum atomic E-state index is -0.0359. The predicted molar refractivity (Wildman–Crippen MR) is 82.3 cm³/mol. The van der Waals surface area contributed by atoms with Gasteiger partial charge in [0.15, 0.2) is 0 Å². The van der Waals surface area contributed by atoms with Gasteiger partial charge in [-0.15, -0.1) is 0 Å². The van der Waals surface area contributed by atoms with Gasteiger partial charge >= 0.3 is 6.01 Å². The molecule has 4 N–H and O–H groups in total. The Morgan fingerprint density at radius 1 is 1.29 bits per heavy atom. The molecule has 2 rings (SSSR count). The van der Waals surface area contributed by atoms with E-state index >= 15 is 0 Å². The predicted octanol–water partition coefficient (Wildman–Crippen LogP) is 2.38. The third-order valence-corrected chi connectivity index (χ3v) is 2.95. The number of hydrogen-bond acceptors (Lipinski definition) is 7. The standard InChI is InChI=1S/C13H17ClN6O/c1-3-21-13-18-11(17-12(19-13)20-15)16-8(2)9-5-4-6-10(14)7-9/h4-8H,3,15H2,1-2H3,(H2,16,17,18,19,20). The van der Waals surface area contributed by atoms with Crippen molar-refractivity contribution in [1.29, 1.82) is 0 Å². The molecule has 0 saturated carbocycles. The van der Waals surface area contributed by atoms with Gasteiger partial charge in [-0.1, -0.05) is 23.7 Å². The normalized spacial score (nSPS) is 11.8. The lowest BCUT2D eigenvalue weighted by Crippen LogP contribution is -2.16. The first kappa shape index (κ1) is 15.3. The summed E-state index contributed by atoms with van der Waals surface area (Å²) < 4.78 is 5.28. The van der Waals surface area contributed by atoms with Crippen LogP contribution in [-0.2, 0) is 0 Å². The number of hydrogen-bond donors (Lipinski definition) is 3. The minimum Gasteiger partial charge on any atom is -0.464 e. The van der Waals surface area contributed by atoms with Crippen LogP contribution in [-0.4, -0.2) is 21.6 Å². The molecule has 0 bridgehead atoms. The fourth-order valence-corrected chi connectivity index (χ4v) is 1.93. The van der Waals surface area contributed by atoms with Crippen LogP contribution in [0.15, 0.2) is 24.3 Å². The molecule has 1 aromatic carbocycles. The average molecular weight is 309 g/mol. The molecule has 21 heavy (non-hydrogen) atoms. The summed E-state index contributed by atoms with van der Waals surface area (Å²) >= 11 is 5.99. The Hall–Kier alpha value is -2.12. The zero-order valence-electron chi connectivity index (χ0n) is 11.8. The summed E-state index contributed by atoms with van der Waals surface area (Å²) in [5, 5.41) is 3.84. The second-order valence-electron chi connectivity index (χ2n) is 4.26. The summed E-state index contributed by atoms with van der Waals surface area (Å²) in [6.07, 6.45) is 0. The molecule has 0 aliphatic rings. The highest BCUT2D eigenvalue weighted by Crippen LogP contribution is 2.21. The Balaban J connectivity index is 2.19. The molecule has 1 atom stereocenters. The van der Waals surface area contributed by atoms with E-state index in [1.807, 2.05) is 38.1 Å². The Labute approximate surface area is 127 Å². The molecule has 112 valence electrons. The molecule has 1 aromatic heterocycles. The van der Waals surface area contributed by atoms with Crippen LogP contribution in [0.2, 0.25) is 5.02 Å². The highest BCUT2D eigenvalue weighted by atomic mass is 35.5. The molecule has 0 amide bonds. The van der Waals surface area contributed by atoms with Gasteiger partial charge in [0.2, 0.25) is 11.9 Å². The number of hydrazine groups is 1. The third kappa shape index (κ3) is 4.17. The van der Waals surface area contributed by atoms with Crippen molar-refractivity contribution in [3.63, 3.8) is 0 Å². The van der Waals surface area contributed by atoms with E-state index in [0.717, 1.165) is 5.56 Å². The van der Waals surface area contributed by atoms with Crippen molar-refractivity contribution in [1.82, 2.24) is 15.0 Å². The fraction of sp³-hybridized carbons (Fsp3) is 0.308. The van der Waals surface area contributed by atoms with Gasteiger partial charge in [-0.2, -0.15) is 15.0 Å². The van der Waals surface area contributed by atoms with Crippen molar-refractivity contribution < 1.29 is 4.74 Å². The second-order valence-corrected chi connectivity index (χ2v) is 4.70. The number of benzene rings is 1. The summed E-state index contributed by atoms with van der Waals surface area (Å²) in [7, 11) is 0. The minimum absolute atomic E-state index is 0.0359. The molecule has 2 aromatic rings. The van der Waals surface area contributed by atoms with Gasteiger partial charge in [-0.25, -0.2) is 5.84 Å². The molecule has 1 unspecified atom stereocenters. The maximum Gasteiger partial charge on any atom is 0.323 e. The van der Waals surface area contributed by atoms with E-state index in [1.165, 1.54) is 0 Å². The largest absolute Gasteiger partial charge is 0.464 e. The van der Waals surface area contributed by atoms with Crippen LogP contribution in [0.3, 0.4) is 0 Å². The molecular formula is C13H17ClN6O. The first-order chi connectivity index (χ1) is 10.1. The van der Waals surface area contributed by atoms with Crippen LogP contribution in [0, 0.1) is 0 Å². The lowest BCUT2D eigenvalue weighted by atomic mass is 10.1. The number of aromatic nitrogens is 3. The fourth-order valence-electron chi connectivity index (χ4n) is 1.73. The molecule has 0 aliphatic carbocycles. The number of ether oxygens (including phenoxy) is 1. The van der Waals surface area contributed by atoms with Crippen LogP contribution in [0.4, 0.5) is 11.9 Å². The van der Waals surface area contributed by atoms with Crippen molar-refractivity contribution >= 4 is 23.5 Å². The van der Waals surface area contributed by atoms with Crippen molar-refractivity contribution in [3.8, 4) is 6.01 Å². The first-order valence-electron chi connectivity index (χ1n) is 6.50. The Kier molecular flexibility index (Phi) is 5.13. The van der Waals surface area contributed by atoms with Crippen molar-refractivity contribution in [2.45, 2.75) is 19.9 Å². The molecule has 1 heterocycles. The van der Waals surface area contributed by atoms with Crippen LogP contribution in [0.5, 0.6) is 6.01 Å². The van der Waals surface area contributed by atoms with E-state index in [-0.39, 0.29) is 18.0 Å². The number of nitrogen functional groups attached to an aromatic ring is 1. The van der Waals surface area contributed by atoms with Gasteiger partial charge in [0.05, 0.1) is 12.6 Å². The molecular weight excluding hydrogens is 292 g/mol. The van der Waals surface area contributed by atoms with Crippen molar-refractivity contribution in [3.05, 3.63) is 34.9 Å². The lowest BCUT2D eigenvalue weighted by molar-refractivity contribution is 0.312. The Bertz CT molecular complexity index is 609. The van der Waals surface area contributed by atoms with Gasteiger partial charge in [-0.3, -0.25) is 5.43 Å². The van der Waals surface area contributed by atoms with E-state index in [4.69, 9.17) is 22.2 Å². The number of nitrogens with two attached hydrogens (primary N) is 1. The molecule has 0 fully saturated rings. The molecule has 0 radical (unpaired) electrons. The number of anilines is 2. The lowest BCUT2D eigenvalue weighted by Gasteiger charge is -2.15. The zero-order valence-corrected chi connectivity index (χ0v) is 12.6. The number of rotatable bonds is 6. The highest BCUT2D eigenvalue weighted by Gasteiger charge is 2.11. The zero-order chi connectivity index (χ0) is 15.2. The number of halogens is 1. The molecule has 0 spiro atoms.